The maximum absolute atomic E-state index is 14.3. The number of thioether (sulfide) groups is 1. The first-order valence-electron chi connectivity index (χ1n) is 15.2. The fraction of sp³-hybridized carbons (Fsp3) is 0.243. The zero-order chi connectivity index (χ0) is 31.2. The van der Waals surface area contributed by atoms with Crippen molar-refractivity contribution >= 4 is 35.3 Å². The number of carbonyl (C=O) groups excluding carboxylic acids is 4. The summed E-state index contributed by atoms with van der Waals surface area (Å²) in [6.45, 7) is 0.311. The number of nitrogens with one attached hydrogen (secondary N) is 1. The molecule has 4 aromatic carbocycles. The van der Waals surface area contributed by atoms with Crippen LogP contribution in [0.15, 0.2) is 121 Å². The third-order valence-corrected chi connectivity index (χ3v) is 9.63. The molecule has 3 atom stereocenters. The van der Waals surface area contributed by atoms with Gasteiger partial charge in [-0.25, -0.2) is 0 Å². The van der Waals surface area contributed by atoms with E-state index in [-0.39, 0.29) is 36.1 Å². The summed E-state index contributed by atoms with van der Waals surface area (Å²) in [6.07, 6.45) is 0.509. The fourth-order valence-corrected chi connectivity index (χ4v) is 7.38. The van der Waals surface area contributed by atoms with E-state index in [4.69, 9.17) is 0 Å². The van der Waals surface area contributed by atoms with E-state index < -0.39 is 18.0 Å². The number of fused-ring (bicyclic) bond motifs is 1. The van der Waals surface area contributed by atoms with Crippen molar-refractivity contribution in [3.05, 3.63) is 144 Å². The van der Waals surface area contributed by atoms with Crippen LogP contribution in [-0.4, -0.2) is 70.3 Å². The Morgan fingerprint density at radius 3 is 1.91 bits per heavy atom. The molecule has 0 saturated carbocycles. The van der Waals surface area contributed by atoms with Gasteiger partial charge in [-0.3, -0.25) is 19.2 Å². The third-order valence-electron chi connectivity index (χ3n) is 8.53. The Hall–Kier alpha value is -4.69. The standard InChI is InChI=1S/C37H35N3O4S/c41-32-23-40(36(43)29-19-11-4-12-20-29)31-21-22-39(34(31)32)37(44)30(25-45-24-26-13-5-1-6-14-26)38-35(42)33(27-15-7-2-8-16-27)28-17-9-3-10-18-28/h1-20,30-31,33-34H,21-25H2,(H,38,42)/t30-,31?,34?/m0/s1. The number of benzene rings is 4. The number of hydrogen-bond donors (Lipinski definition) is 1. The van der Waals surface area contributed by atoms with E-state index in [1.165, 1.54) is 0 Å². The molecule has 6 rings (SSSR count). The van der Waals surface area contributed by atoms with E-state index in [0.717, 1.165) is 16.7 Å². The molecule has 2 fully saturated rings. The lowest BCUT2D eigenvalue weighted by molar-refractivity contribution is -0.139. The van der Waals surface area contributed by atoms with E-state index in [1.807, 2.05) is 97.1 Å². The Kier molecular flexibility index (Phi) is 9.41. The van der Waals surface area contributed by atoms with Gasteiger partial charge in [-0.2, -0.15) is 11.8 Å². The normalized spacial score (nSPS) is 18.1. The molecule has 0 spiro atoms. The highest BCUT2D eigenvalue weighted by atomic mass is 32.2. The summed E-state index contributed by atoms with van der Waals surface area (Å²) < 4.78 is 0. The van der Waals surface area contributed by atoms with Gasteiger partial charge in [-0.15, -0.1) is 0 Å². The van der Waals surface area contributed by atoms with Crippen LogP contribution in [0.25, 0.3) is 0 Å². The van der Waals surface area contributed by atoms with E-state index in [0.29, 0.717) is 30.0 Å². The van der Waals surface area contributed by atoms with Crippen LogP contribution in [0.4, 0.5) is 0 Å². The summed E-state index contributed by atoms with van der Waals surface area (Å²) in [6, 6.07) is 36.0. The van der Waals surface area contributed by atoms with Crippen LogP contribution in [0.2, 0.25) is 0 Å². The molecule has 0 bridgehead atoms. The molecule has 3 amide bonds. The first-order chi connectivity index (χ1) is 22.0. The van der Waals surface area contributed by atoms with Gasteiger partial charge in [0.1, 0.15) is 12.1 Å². The minimum atomic E-state index is -0.855. The summed E-state index contributed by atoms with van der Waals surface area (Å²) in [5.41, 5.74) is 3.29. The van der Waals surface area contributed by atoms with Gasteiger partial charge in [0.2, 0.25) is 11.8 Å². The van der Waals surface area contributed by atoms with Gasteiger partial charge in [0.05, 0.1) is 18.5 Å². The predicted molar refractivity (Wildman–Crippen MR) is 176 cm³/mol. The molecule has 2 saturated heterocycles. The van der Waals surface area contributed by atoms with Crippen LogP contribution >= 0.6 is 11.8 Å². The molecule has 2 aliphatic heterocycles. The molecule has 1 N–H and O–H groups in total. The van der Waals surface area contributed by atoms with Crippen molar-refractivity contribution < 1.29 is 19.2 Å². The van der Waals surface area contributed by atoms with Gasteiger partial charge < -0.3 is 15.1 Å². The second kappa shape index (κ2) is 13.9. The summed E-state index contributed by atoms with van der Waals surface area (Å²) in [5.74, 6) is -0.527. The topological polar surface area (TPSA) is 86.8 Å². The average Bonchev–Trinajstić information content (AvgIpc) is 3.67. The van der Waals surface area contributed by atoms with Crippen molar-refractivity contribution in [3.63, 3.8) is 0 Å². The van der Waals surface area contributed by atoms with E-state index in [9.17, 15) is 19.2 Å². The molecule has 45 heavy (non-hydrogen) atoms. The highest BCUT2D eigenvalue weighted by molar-refractivity contribution is 7.98. The highest BCUT2D eigenvalue weighted by Crippen LogP contribution is 2.32. The molecule has 2 aliphatic rings. The second-order valence-corrected chi connectivity index (χ2v) is 12.4. The fourth-order valence-electron chi connectivity index (χ4n) is 6.37. The van der Waals surface area contributed by atoms with Gasteiger partial charge in [-0.05, 0) is 35.2 Å². The van der Waals surface area contributed by atoms with Crippen LogP contribution in [0.1, 0.15) is 39.4 Å². The summed E-state index contributed by atoms with van der Waals surface area (Å²) in [4.78, 5) is 58.3. The van der Waals surface area contributed by atoms with E-state index >= 15 is 0 Å². The number of ketones is 1. The predicted octanol–water partition coefficient (Wildman–Crippen LogP) is 4.93. The van der Waals surface area contributed by atoms with Crippen molar-refractivity contribution in [2.24, 2.45) is 0 Å². The quantitative estimate of drug-likeness (QED) is 0.273. The molecular formula is C37H35N3O4S. The lowest BCUT2D eigenvalue weighted by Gasteiger charge is -2.29. The first-order valence-corrected chi connectivity index (χ1v) is 16.4. The maximum atomic E-state index is 14.3. The van der Waals surface area contributed by atoms with Crippen molar-refractivity contribution in [1.29, 1.82) is 0 Å². The molecule has 2 heterocycles. The first kappa shape index (κ1) is 30.3. The molecule has 0 aromatic heterocycles. The van der Waals surface area contributed by atoms with Gasteiger partial charge in [0.25, 0.3) is 5.91 Å². The SMILES string of the molecule is O=C(N[C@@H](CSCc1ccccc1)C(=O)N1CCC2C1C(=O)CN2C(=O)c1ccccc1)C(c1ccccc1)c1ccccc1. The average molecular weight is 618 g/mol. The molecule has 4 aromatic rings. The lowest BCUT2D eigenvalue weighted by atomic mass is 9.90. The van der Waals surface area contributed by atoms with Crippen LogP contribution in [0.5, 0.6) is 0 Å². The van der Waals surface area contributed by atoms with Crippen molar-refractivity contribution in [1.82, 2.24) is 15.1 Å². The van der Waals surface area contributed by atoms with Crippen LogP contribution in [-0.2, 0) is 20.1 Å². The summed E-state index contributed by atoms with van der Waals surface area (Å²) >= 11 is 1.56. The largest absolute Gasteiger partial charge is 0.343 e. The number of nitrogens with zero attached hydrogens (tertiary/aromatic N) is 2. The van der Waals surface area contributed by atoms with E-state index in [1.54, 1.807) is 45.8 Å². The van der Waals surface area contributed by atoms with Gasteiger partial charge in [0, 0.05) is 23.6 Å². The van der Waals surface area contributed by atoms with Gasteiger partial charge in [-0.1, -0.05) is 109 Å². The Bertz CT molecular complexity index is 1600. The third kappa shape index (κ3) is 6.71. The molecular weight excluding hydrogens is 582 g/mol. The molecule has 0 aliphatic carbocycles. The number of amides is 3. The number of hydrogen-bond acceptors (Lipinski definition) is 5. The number of likely N-dealkylation sites (tertiary alicyclic amines) is 2. The lowest BCUT2D eigenvalue weighted by Crippen LogP contribution is -2.54. The Morgan fingerprint density at radius 1 is 0.756 bits per heavy atom. The Balaban J connectivity index is 1.24. The number of Topliss-reactive ketones (excluding diaryl/α,β-unsaturated/α-hetero) is 1. The minimum absolute atomic E-state index is 0.0310. The van der Waals surface area contributed by atoms with Crippen molar-refractivity contribution in [2.45, 2.75) is 36.2 Å². The summed E-state index contributed by atoms with van der Waals surface area (Å²) in [7, 11) is 0. The van der Waals surface area contributed by atoms with Crippen LogP contribution in [0, 0.1) is 0 Å². The van der Waals surface area contributed by atoms with Gasteiger partial charge in [0.15, 0.2) is 5.78 Å². The van der Waals surface area contributed by atoms with Crippen LogP contribution < -0.4 is 5.32 Å². The second-order valence-electron chi connectivity index (χ2n) is 11.4. The van der Waals surface area contributed by atoms with E-state index in [2.05, 4.69) is 5.32 Å². The Labute approximate surface area is 267 Å². The number of carbonyl (C=O) groups is 4. The van der Waals surface area contributed by atoms with Crippen LogP contribution in [0.3, 0.4) is 0 Å². The highest BCUT2D eigenvalue weighted by Gasteiger charge is 2.52. The molecule has 8 heteroatoms. The van der Waals surface area contributed by atoms with Crippen molar-refractivity contribution in [2.75, 3.05) is 18.8 Å². The minimum Gasteiger partial charge on any atom is -0.343 e. The Morgan fingerprint density at radius 2 is 1.31 bits per heavy atom. The monoisotopic (exact) mass is 617 g/mol. The van der Waals surface area contributed by atoms with Crippen molar-refractivity contribution in [3.8, 4) is 0 Å². The zero-order valence-corrected chi connectivity index (χ0v) is 25.6. The zero-order valence-electron chi connectivity index (χ0n) is 24.8. The number of rotatable bonds is 10. The molecule has 228 valence electrons. The van der Waals surface area contributed by atoms with Gasteiger partial charge >= 0.3 is 0 Å². The maximum Gasteiger partial charge on any atom is 0.254 e. The smallest absolute Gasteiger partial charge is 0.254 e. The molecule has 7 nitrogen and oxygen atoms in total. The molecule has 2 unspecified atom stereocenters. The summed E-state index contributed by atoms with van der Waals surface area (Å²) in [5, 5.41) is 3.09. The molecule has 0 radical (unpaired) electrons.